The van der Waals surface area contributed by atoms with Gasteiger partial charge in [-0.1, -0.05) is 12.1 Å². The highest BCUT2D eigenvalue weighted by Crippen LogP contribution is 2.36. The van der Waals surface area contributed by atoms with Crippen LogP contribution in [0.5, 0.6) is 0 Å². The van der Waals surface area contributed by atoms with E-state index in [1.54, 1.807) is 12.1 Å². The number of anilines is 1. The molecule has 0 bridgehead atoms. The van der Waals surface area contributed by atoms with Crippen LogP contribution >= 0.6 is 11.8 Å². The molecule has 26 heavy (non-hydrogen) atoms. The van der Waals surface area contributed by atoms with Gasteiger partial charge in [0.1, 0.15) is 0 Å². The molecule has 1 amide bonds. The lowest BCUT2D eigenvalue weighted by molar-refractivity contribution is -0.119. The second-order valence-corrected chi connectivity index (χ2v) is 6.58. The van der Waals surface area contributed by atoms with Crippen LogP contribution in [0.4, 0.5) is 18.9 Å². The largest absolute Gasteiger partial charge is 0.452 e. The van der Waals surface area contributed by atoms with E-state index in [2.05, 4.69) is 5.32 Å². The smallest absolute Gasteiger partial charge is 0.446 e. The van der Waals surface area contributed by atoms with Gasteiger partial charge in [-0.05, 0) is 67.1 Å². The first kappa shape index (κ1) is 19.8. The van der Waals surface area contributed by atoms with E-state index in [1.807, 2.05) is 19.9 Å². The van der Waals surface area contributed by atoms with Crippen molar-refractivity contribution in [1.29, 1.82) is 0 Å². The van der Waals surface area contributed by atoms with Crippen molar-refractivity contribution in [3.05, 3.63) is 59.2 Å². The van der Waals surface area contributed by atoms with Crippen molar-refractivity contribution >= 4 is 29.3 Å². The lowest BCUT2D eigenvalue weighted by Gasteiger charge is -2.11. The zero-order valence-electron chi connectivity index (χ0n) is 14.0. The first-order chi connectivity index (χ1) is 12.2. The maximum Gasteiger partial charge on any atom is 0.446 e. The summed E-state index contributed by atoms with van der Waals surface area (Å²) in [4.78, 5) is 23.8. The summed E-state index contributed by atoms with van der Waals surface area (Å²) in [6.45, 7) is 3.27. The topological polar surface area (TPSA) is 55.4 Å². The number of carbonyl (C=O) groups excluding carboxylic acids is 2. The van der Waals surface area contributed by atoms with Crippen LogP contribution in [-0.4, -0.2) is 24.0 Å². The van der Waals surface area contributed by atoms with Crippen molar-refractivity contribution in [2.75, 3.05) is 11.9 Å². The Balaban J connectivity index is 1.89. The standard InChI is InChI=1S/C18H16F3NO3S/c1-11-4-3-5-15(12(11)2)22-16(23)10-25-17(24)13-6-8-14(9-7-13)26-18(19,20)21/h3-9H,10H2,1-2H3,(H,22,23). The van der Waals surface area contributed by atoms with Gasteiger partial charge in [-0.3, -0.25) is 4.79 Å². The molecule has 0 fully saturated rings. The Morgan fingerprint density at radius 2 is 1.73 bits per heavy atom. The average molecular weight is 383 g/mol. The van der Waals surface area contributed by atoms with Crippen molar-refractivity contribution < 1.29 is 27.5 Å². The van der Waals surface area contributed by atoms with E-state index in [0.717, 1.165) is 11.1 Å². The molecule has 0 aliphatic heterocycles. The monoisotopic (exact) mass is 383 g/mol. The Morgan fingerprint density at radius 1 is 1.08 bits per heavy atom. The van der Waals surface area contributed by atoms with Crippen LogP contribution in [0.15, 0.2) is 47.4 Å². The Morgan fingerprint density at radius 3 is 2.35 bits per heavy atom. The zero-order valence-corrected chi connectivity index (χ0v) is 14.8. The summed E-state index contributed by atoms with van der Waals surface area (Å²) in [6, 6.07) is 10.2. The number of thioether (sulfide) groups is 1. The zero-order chi connectivity index (χ0) is 19.3. The fourth-order valence-corrected chi connectivity index (χ4v) is 2.62. The molecular weight excluding hydrogens is 367 g/mol. The third-order valence-corrected chi connectivity index (χ3v) is 4.28. The van der Waals surface area contributed by atoms with E-state index in [-0.39, 0.29) is 22.2 Å². The van der Waals surface area contributed by atoms with Gasteiger partial charge in [-0.25, -0.2) is 4.79 Å². The number of ether oxygens (including phenoxy) is 1. The van der Waals surface area contributed by atoms with Crippen LogP contribution in [0.25, 0.3) is 0 Å². The summed E-state index contributed by atoms with van der Waals surface area (Å²) >= 11 is -0.273. The molecule has 0 radical (unpaired) electrons. The third kappa shape index (κ3) is 5.80. The van der Waals surface area contributed by atoms with Gasteiger partial charge >= 0.3 is 11.5 Å². The molecular formula is C18H16F3NO3S. The van der Waals surface area contributed by atoms with Crippen molar-refractivity contribution in [2.45, 2.75) is 24.3 Å². The molecule has 0 aliphatic carbocycles. The van der Waals surface area contributed by atoms with E-state index >= 15 is 0 Å². The number of hydrogen-bond donors (Lipinski definition) is 1. The molecule has 0 saturated heterocycles. The quantitative estimate of drug-likeness (QED) is 0.600. The predicted octanol–water partition coefficient (Wildman–Crippen LogP) is 4.71. The SMILES string of the molecule is Cc1cccc(NC(=O)COC(=O)c2ccc(SC(F)(F)F)cc2)c1C. The predicted molar refractivity (Wildman–Crippen MR) is 93.2 cm³/mol. The van der Waals surface area contributed by atoms with Gasteiger partial charge < -0.3 is 10.1 Å². The maximum atomic E-state index is 12.3. The summed E-state index contributed by atoms with van der Waals surface area (Å²) in [7, 11) is 0. The second kappa shape index (κ2) is 8.27. The van der Waals surface area contributed by atoms with Crippen molar-refractivity contribution in [2.24, 2.45) is 0 Å². The molecule has 8 heteroatoms. The molecule has 0 heterocycles. The highest BCUT2D eigenvalue weighted by molar-refractivity contribution is 8.00. The summed E-state index contributed by atoms with van der Waals surface area (Å²) < 4.78 is 41.7. The third-order valence-electron chi connectivity index (χ3n) is 3.54. The number of amides is 1. The van der Waals surface area contributed by atoms with Crippen LogP contribution in [-0.2, 0) is 9.53 Å². The molecule has 0 spiro atoms. The maximum absolute atomic E-state index is 12.3. The number of hydrogen-bond acceptors (Lipinski definition) is 4. The molecule has 138 valence electrons. The van der Waals surface area contributed by atoms with Crippen LogP contribution < -0.4 is 5.32 Å². The number of alkyl halides is 3. The molecule has 2 aromatic carbocycles. The fourth-order valence-electron chi connectivity index (χ4n) is 2.08. The van der Waals surface area contributed by atoms with Gasteiger partial charge in [-0.15, -0.1) is 0 Å². The number of nitrogens with one attached hydrogen (secondary N) is 1. The van der Waals surface area contributed by atoms with Gasteiger partial charge in [0, 0.05) is 10.6 Å². The van der Waals surface area contributed by atoms with E-state index in [0.29, 0.717) is 5.69 Å². The van der Waals surface area contributed by atoms with Crippen LogP contribution in [0.1, 0.15) is 21.5 Å². The van der Waals surface area contributed by atoms with E-state index in [4.69, 9.17) is 4.74 Å². The van der Waals surface area contributed by atoms with Gasteiger partial charge in [0.15, 0.2) is 6.61 Å². The second-order valence-electron chi connectivity index (χ2n) is 5.44. The molecule has 0 aromatic heterocycles. The van der Waals surface area contributed by atoms with Gasteiger partial charge in [0.05, 0.1) is 5.56 Å². The number of halogens is 3. The molecule has 2 rings (SSSR count). The average Bonchev–Trinajstić information content (AvgIpc) is 2.56. The van der Waals surface area contributed by atoms with Crippen molar-refractivity contribution in [3.63, 3.8) is 0 Å². The van der Waals surface area contributed by atoms with Gasteiger partial charge in [-0.2, -0.15) is 13.2 Å². The summed E-state index contributed by atoms with van der Waals surface area (Å²) in [5, 5.41) is 2.65. The summed E-state index contributed by atoms with van der Waals surface area (Å²) in [6.07, 6.45) is 0. The first-order valence-corrected chi connectivity index (χ1v) is 8.36. The molecule has 0 atom stereocenters. The normalized spacial score (nSPS) is 11.1. The Bertz CT molecular complexity index is 804. The number of rotatable bonds is 5. The minimum absolute atomic E-state index is 0.0401. The lowest BCUT2D eigenvalue weighted by atomic mass is 10.1. The number of benzene rings is 2. The highest BCUT2D eigenvalue weighted by atomic mass is 32.2. The molecule has 1 N–H and O–H groups in total. The Kier molecular flexibility index (Phi) is 6.31. The van der Waals surface area contributed by atoms with Crippen LogP contribution in [0.3, 0.4) is 0 Å². The van der Waals surface area contributed by atoms with E-state index in [9.17, 15) is 22.8 Å². The van der Waals surface area contributed by atoms with E-state index in [1.165, 1.54) is 24.3 Å². The van der Waals surface area contributed by atoms with Gasteiger partial charge in [0.25, 0.3) is 5.91 Å². The molecule has 2 aromatic rings. The molecule has 0 saturated carbocycles. The number of carbonyl (C=O) groups is 2. The lowest BCUT2D eigenvalue weighted by Crippen LogP contribution is -2.21. The Labute approximate surface area is 152 Å². The van der Waals surface area contributed by atoms with Gasteiger partial charge in [0.2, 0.25) is 0 Å². The first-order valence-electron chi connectivity index (χ1n) is 7.55. The minimum atomic E-state index is -4.39. The minimum Gasteiger partial charge on any atom is -0.452 e. The summed E-state index contributed by atoms with van der Waals surface area (Å²) in [5.41, 5.74) is -1.79. The highest BCUT2D eigenvalue weighted by Gasteiger charge is 2.29. The summed E-state index contributed by atoms with van der Waals surface area (Å²) in [5.74, 6) is -1.29. The molecule has 0 unspecified atom stereocenters. The Hall–Kier alpha value is -2.48. The van der Waals surface area contributed by atoms with Crippen LogP contribution in [0, 0.1) is 13.8 Å². The number of esters is 1. The molecule has 4 nitrogen and oxygen atoms in total. The van der Waals surface area contributed by atoms with Crippen molar-refractivity contribution in [1.82, 2.24) is 0 Å². The van der Waals surface area contributed by atoms with Crippen molar-refractivity contribution in [3.8, 4) is 0 Å². The van der Waals surface area contributed by atoms with E-state index < -0.39 is 24.0 Å². The molecule has 0 aliphatic rings. The number of aryl methyl sites for hydroxylation is 1. The fraction of sp³-hybridized carbons (Fsp3) is 0.222. The van der Waals surface area contributed by atoms with Crippen LogP contribution in [0.2, 0.25) is 0 Å².